The van der Waals surface area contributed by atoms with E-state index >= 15 is 0 Å². The lowest BCUT2D eigenvalue weighted by Crippen LogP contribution is -2.32. The Bertz CT molecular complexity index is 1420. The minimum absolute atomic E-state index is 0.144. The van der Waals surface area contributed by atoms with Crippen molar-refractivity contribution in [2.24, 2.45) is 0 Å². The van der Waals surface area contributed by atoms with Gasteiger partial charge in [0.1, 0.15) is 16.3 Å². The van der Waals surface area contributed by atoms with Crippen molar-refractivity contribution in [2.45, 2.75) is 26.1 Å². The van der Waals surface area contributed by atoms with Gasteiger partial charge < -0.3 is 14.2 Å². The highest BCUT2D eigenvalue weighted by Gasteiger charge is 2.27. The van der Waals surface area contributed by atoms with Gasteiger partial charge in [-0.25, -0.2) is 4.98 Å². The number of hydrogen-bond donors (Lipinski definition) is 0. The summed E-state index contributed by atoms with van der Waals surface area (Å²) in [6.07, 6.45) is 4.11. The number of benzene rings is 1. The van der Waals surface area contributed by atoms with E-state index in [9.17, 15) is 9.59 Å². The molecule has 0 radical (unpaired) electrons. The zero-order chi connectivity index (χ0) is 24.4. The van der Waals surface area contributed by atoms with Crippen LogP contribution in [0.3, 0.4) is 0 Å². The van der Waals surface area contributed by atoms with Gasteiger partial charge in [-0.3, -0.25) is 19.5 Å². The summed E-state index contributed by atoms with van der Waals surface area (Å²) in [7, 11) is 3.25. The first-order valence-electron chi connectivity index (χ1n) is 11.5. The molecule has 5 rings (SSSR count). The number of fused-ring (bicyclic) bond motifs is 2. The number of carbonyl (C=O) groups is 1. The SMILES string of the molecule is COc1cc(=O)n2c(c1C(=O)N(C)Cc1nccs1)CCN(Cc1ccc3ncccc3c1)CC2. The second-order valence-corrected chi connectivity index (χ2v) is 9.65. The molecule has 35 heavy (non-hydrogen) atoms. The van der Waals surface area contributed by atoms with Gasteiger partial charge in [0.05, 0.1) is 19.2 Å². The van der Waals surface area contributed by atoms with Gasteiger partial charge in [0.25, 0.3) is 11.5 Å². The van der Waals surface area contributed by atoms with Crippen LogP contribution in [0, 0.1) is 0 Å². The molecule has 1 amide bonds. The highest BCUT2D eigenvalue weighted by Crippen LogP contribution is 2.25. The van der Waals surface area contributed by atoms with Crippen molar-refractivity contribution in [2.75, 3.05) is 27.2 Å². The molecule has 0 aliphatic carbocycles. The molecule has 0 saturated heterocycles. The summed E-state index contributed by atoms with van der Waals surface area (Å²) >= 11 is 1.51. The first kappa shape index (κ1) is 23.2. The number of rotatable bonds is 6. The van der Waals surface area contributed by atoms with Crippen molar-refractivity contribution in [1.29, 1.82) is 0 Å². The molecule has 4 heterocycles. The molecular weight excluding hydrogens is 462 g/mol. The van der Waals surface area contributed by atoms with Crippen LogP contribution < -0.4 is 10.3 Å². The summed E-state index contributed by atoms with van der Waals surface area (Å²) in [5.41, 5.74) is 3.22. The van der Waals surface area contributed by atoms with Gasteiger partial charge in [-0.1, -0.05) is 12.1 Å². The molecule has 1 aliphatic rings. The highest BCUT2D eigenvalue weighted by molar-refractivity contribution is 7.09. The Kier molecular flexibility index (Phi) is 6.61. The molecule has 1 aliphatic heterocycles. The number of nitrogens with zero attached hydrogens (tertiary/aromatic N) is 5. The summed E-state index contributed by atoms with van der Waals surface area (Å²) in [6, 6.07) is 11.7. The van der Waals surface area contributed by atoms with Crippen molar-refractivity contribution in [3.05, 3.63) is 86.4 Å². The van der Waals surface area contributed by atoms with Crippen LogP contribution in [-0.2, 0) is 26.1 Å². The largest absolute Gasteiger partial charge is 0.496 e. The second kappa shape index (κ2) is 9.97. The van der Waals surface area contributed by atoms with E-state index in [1.165, 1.54) is 30.1 Å². The minimum Gasteiger partial charge on any atom is -0.496 e. The van der Waals surface area contributed by atoms with Gasteiger partial charge in [0.15, 0.2) is 0 Å². The standard InChI is InChI=1S/C26H27N5O3S/c1-29(17-23-28-9-13-35-23)26(33)25-21-7-10-30(11-12-31(21)24(32)15-22(25)34-2)16-18-5-6-20-19(14-18)4-3-8-27-20/h3-6,8-9,13-15H,7,10-12,16-17H2,1-2H3. The molecule has 8 nitrogen and oxygen atoms in total. The van der Waals surface area contributed by atoms with Gasteiger partial charge in [-0.15, -0.1) is 11.3 Å². The van der Waals surface area contributed by atoms with Crippen molar-refractivity contribution in [1.82, 2.24) is 24.3 Å². The minimum atomic E-state index is -0.170. The normalized spacial score (nSPS) is 13.9. The zero-order valence-corrected chi connectivity index (χ0v) is 20.6. The highest BCUT2D eigenvalue weighted by atomic mass is 32.1. The number of amides is 1. The van der Waals surface area contributed by atoms with Gasteiger partial charge in [0.2, 0.25) is 0 Å². The Hall–Kier alpha value is -3.56. The van der Waals surface area contributed by atoms with Crippen LogP contribution in [0.2, 0.25) is 0 Å². The quantitative estimate of drug-likeness (QED) is 0.414. The van der Waals surface area contributed by atoms with E-state index in [2.05, 4.69) is 33.1 Å². The number of ether oxygens (including phenoxy) is 1. The van der Waals surface area contributed by atoms with Crippen LogP contribution in [0.5, 0.6) is 5.75 Å². The Morgan fingerprint density at radius 1 is 1.14 bits per heavy atom. The number of aromatic nitrogens is 3. The van der Waals surface area contributed by atoms with Crippen LogP contribution in [0.15, 0.2) is 59.0 Å². The van der Waals surface area contributed by atoms with E-state index in [0.717, 1.165) is 34.7 Å². The predicted molar refractivity (Wildman–Crippen MR) is 136 cm³/mol. The maximum absolute atomic E-state index is 13.5. The topological polar surface area (TPSA) is 80.6 Å². The fourth-order valence-corrected chi connectivity index (χ4v) is 5.29. The van der Waals surface area contributed by atoms with Crippen molar-refractivity contribution in [3.63, 3.8) is 0 Å². The molecular formula is C26H27N5O3S. The monoisotopic (exact) mass is 489 g/mol. The number of methoxy groups -OCH3 is 1. The maximum Gasteiger partial charge on any atom is 0.259 e. The Morgan fingerprint density at radius 3 is 2.83 bits per heavy atom. The van der Waals surface area contributed by atoms with Crippen molar-refractivity contribution in [3.8, 4) is 5.75 Å². The fourth-order valence-electron chi connectivity index (χ4n) is 4.62. The van der Waals surface area contributed by atoms with E-state index < -0.39 is 0 Å². The Balaban J connectivity index is 1.40. The summed E-state index contributed by atoms with van der Waals surface area (Å²) < 4.78 is 7.24. The van der Waals surface area contributed by atoms with E-state index in [-0.39, 0.29) is 11.5 Å². The lowest BCUT2D eigenvalue weighted by Gasteiger charge is -2.21. The lowest BCUT2D eigenvalue weighted by molar-refractivity contribution is 0.0779. The molecule has 1 aromatic carbocycles. The number of pyridine rings is 2. The summed E-state index contributed by atoms with van der Waals surface area (Å²) in [5, 5.41) is 3.86. The van der Waals surface area contributed by atoms with Gasteiger partial charge in [-0.2, -0.15) is 0 Å². The van der Waals surface area contributed by atoms with Crippen LogP contribution in [0.1, 0.15) is 26.6 Å². The average molecular weight is 490 g/mol. The van der Waals surface area contributed by atoms with Gasteiger partial charge in [0, 0.05) is 74.6 Å². The maximum atomic E-state index is 13.5. The summed E-state index contributed by atoms with van der Waals surface area (Å²) in [6.45, 7) is 3.13. The third-order valence-corrected chi connectivity index (χ3v) is 7.16. The molecule has 0 spiro atoms. The molecule has 0 fully saturated rings. The number of hydrogen-bond acceptors (Lipinski definition) is 7. The van der Waals surface area contributed by atoms with Crippen LogP contribution >= 0.6 is 11.3 Å². The van der Waals surface area contributed by atoms with Crippen LogP contribution in [0.25, 0.3) is 10.9 Å². The molecule has 4 aromatic rings. The third kappa shape index (κ3) is 4.82. The molecule has 0 bridgehead atoms. The third-order valence-electron chi connectivity index (χ3n) is 6.40. The van der Waals surface area contributed by atoms with Crippen LogP contribution in [0.4, 0.5) is 0 Å². The molecule has 9 heteroatoms. The van der Waals surface area contributed by atoms with Crippen LogP contribution in [-0.4, -0.2) is 57.5 Å². The molecule has 0 atom stereocenters. The predicted octanol–water partition coefficient (Wildman–Crippen LogP) is 3.19. The summed E-state index contributed by atoms with van der Waals surface area (Å²) in [5.74, 6) is 0.156. The fraction of sp³-hybridized carbons (Fsp3) is 0.308. The van der Waals surface area contributed by atoms with E-state index in [0.29, 0.717) is 37.4 Å². The Morgan fingerprint density at radius 2 is 2.03 bits per heavy atom. The van der Waals surface area contributed by atoms with Gasteiger partial charge >= 0.3 is 0 Å². The van der Waals surface area contributed by atoms with E-state index in [4.69, 9.17) is 4.74 Å². The smallest absolute Gasteiger partial charge is 0.259 e. The zero-order valence-electron chi connectivity index (χ0n) is 19.8. The second-order valence-electron chi connectivity index (χ2n) is 8.67. The number of thiazole rings is 1. The molecule has 0 N–H and O–H groups in total. The lowest BCUT2D eigenvalue weighted by atomic mass is 10.1. The summed E-state index contributed by atoms with van der Waals surface area (Å²) in [4.78, 5) is 39.1. The first-order chi connectivity index (χ1) is 17.0. The molecule has 180 valence electrons. The number of carbonyl (C=O) groups excluding carboxylic acids is 1. The van der Waals surface area contributed by atoms with Crippen molar-refractivity contribution >= 4 is 28.1 Å². The molecule has 3 aromatic heterocycles. The first-order valence-corrected chi connectivity index (χ1v) is 12.4. The van der Waals surface area contributed by atoms with Crippen molar-refractivity contribution < 1.29 is 9.53 Å². The van der Waals surface area contributed by atoms with E-state index in [1.807, 2.05) is 17.5 Å². The molecule has 0 saturated carbocycles. The van der Waals surface area contributed by atoms with E-state index in [1.54, 1.807) is 28.9 Å². The Labute approximate surface area is 207 Å². The van der Waals surface area contributed by atoms with Gasteiger partial charge in [-0.05, 0) is 23.8 Å². The molecule has 0 unspecified atom stereocenters. The average Bonchev–Trinajstić information content (AvgIpc) is 3.29.